The molecule has 0 bridgehead atoms. The van der Waals surface area contributed by atoms with Gasteiger partial charge in [-0.2, -0.15) is 0 Å². The molecule has 3 nitrogen and oxygen atoms in total. The Morgan fingerprint density at radius 3 is 1.46 bits per heavy atom. The van der Waals surface area contributed by atoms with E-state index in [1.807, 2.05) is 57.2 Å². The van der Waals surface area contributed by atoms with Gasteiger partial charge < -0.3 is 5.11 Å². The molecule has 26 heavy (non-hydrogen) atoms. The van der Waals surface area contributed by atoms with Gasteiger partial charge in [0.2, 0.25) is 5.39 Å². The topological polar surface area (TPSA) is 48.4 Å². The van der Waals surface area contributed by atoms with Crippen LogP contribution in [0.5, 0.6) is 0 Å². The van der Waals surface area contributed by atoms with Gasteiger partial charge in [-0.05, 0) is 15.4 Å². The minimum atomic E-state index is -2.84. The van der Waals surface area contributed by atoms with E-state index in [0.29, 0.717) is 5.32 Å². The minimum absolute atomic E-state index is 0.147. The quantitative estimate of drug-likeness (QED) is 0.458. The van der Waals surface area contributed by atoms with Crippen LogP contribution in [0.1, 0.15) is 41.5 Å². The van der Waals surface area contributed by atoms with Crippen molar-refractivity contribution in [1.29, 1.82) is 5.39 Å². The number of aliphatic hydroxyl groups excluding tert-OH is 1. The van der Waals surface area contributed by atoms with Crippen LogP contribution in [0.25, 0.3) is 4.98 Å². The summed E-state index contributed by atoms with van der Waals surface area (Å²) >= 11 is 0. The molecule has 0 heterocycles. The normalized spacial score (nSPS) is 13.7. The highest BCUT2D eigenvalue weighted by atomic mass is 28.3. The minimum Gasteiger partial charge on any atom is -0.505 e. The second-order valence-electron chi connectivity index (χ2n) is 8.78. The predicted octanol–water partition coefficient (Wildman–Crippen LogP) is 5.26. The number of rotatable bonds is 3. The van der Waals surface area contributed by atoms with Gasteiger partial charge in [-0.3, -0.25) is 0 Å². The van der Waals surface area contributed by atoms with E-state index in [4.69, 9.17) is 0 Å². The van der Waals surface area contributed by atoms with Crippen molar-refractivity contribution in [3.05, 3.63) is 76.7 Å². The van der Waals surface area contributed by atoms with Crippen molar-refractivity contribution in [2.24, 2.45) is 5.41 Å². The Balaban J connectivity index is 3.07. The standard InChI is InChI=1S/C22H28N2OSi/c1-21(2,3)19(25)20(24-23)26(22(4,5)6,17-13-9-7-10-14-17)18-15-11-8-12-16-18/h7-16H,1-6H3/p+1/b20-19-. The first-order valence-electron chi connectivity index (χ1n) is 8.97. The molecule has 0 saturated heterocycles. The van der Waals surface area contributed by atoms with E-state index in [9.17, 15) is 10.5 Å². The molecule has 2 aromatic carbocycles. The molecule has 0 aromatic heterocycles. The number of nitrogens with zero attached hydrogens (tertiary/aromatic N) is 2. The molecule has 0 aliphatic rings. The second kappa shape index (κ2) is 7.09. The van der Waals surface area contributed by atoms with E-state index in [1.54, 1.807) is 0 Å². The van der Waals surface area contributed by atoms with Crippen molar-refractivity contribution >= 4 is 18.4 Å². The van der Waals surface area contributed by atoms with Crippen LogP contribution in [0.4, 0.5) is 0 Å². The molecule has 0 atom stereocenters. The van der Waals surface area contributed by atoms with E-state index in [0.717, 1.165) is 10.4 Å². The molecule has 2 aromatic rings. The zero-order valence-corrected chi connectivity index (χ0v) is 17.6. The molecule has 0 aliphatic carbocycles. The van der Waals surface area contributed by atoms with Crippen LogP contribution in [-0.4, -0.2) is 13.2 Å². The van der Waals surface area contributed by atoms with Crippen LogP contribution in [0.3, 0.4) is 0 Å². The summed E-state index contributed by atoms with van der Waals surface area (Å²) in [6.07, 6.45) is 0. The highest BCUT2D eigenvalue weighted by Gasteiger charge is 2.61. The van der Waals surface area contributed by atoms with Gasteiger partial charge in [0.1, 0.15) is 0 Å². The lowest BCUT2D eigenvalue weighted by molar-refractivity contribution is 0.275. The van der Waals surface area contributed by atoms with Crippen molar-refractivity contribution in [3.63, 3.8) is 0 Å². The fourth-order valence-electron chi connectivity index (χ4n) is 3.69. The third-order valence-electron chi connectivity index (χ3n) is 4.93. The lowest BCUT2D eigenvalue weighted by Crippen LogP contribution is -2.66. The summed E-state index contributed by atoms with van der Waals surface area (Å²) in [7, 11) is -2.84. The average Bonchev–Trinajstić information content (AvgIpc) is 2.58. The summed E-state index contributed by atoms with van der Waals surface area (Å²) in [6.45, 7) is 12.3. The Labute approximate surface area is 158 Å². The number of diazo groups is 1. The highest BCUT2D eigenvalue weighted by Crippen LogP contribution is 2.43. The first-order valence-corrected chi connectivity index (χ1v) is 11.0. The fraction of sp³-hybridized carbons (Fsp3) is 0.364. The largest absolute Gasteiger partial charge is 0.505 e. The molecule has 0 aliphatic heterocycles. The van der Waals surface area contributed by atoms with E-state index in [2.05, 4.69) is 50.0 Å². The molecular weight excluding hydrogens is 336 g/mol. The zero-order chi connectivity index (χ0) is 19.6. The summed E-state index contributed by atoms with van der Waals surface area (Å²) in [4.78, 5) is 3.74. The fourth-order valence-corrected chi connectivity index (χ4v) is 9.28. The predicted molar refractivity (Wildman–Crippen MR) is 112 cm³/mol. The molecule has 0 fully saturated rings. The molecule has 0 amide bonds. The van der Waals surface area contributed by atoms with Crippen LogP contribution in [-0.2, 0) is 0 Å². The van der Waals surface area contributed by atoms with Gasteiger partial charge in [0.25, 0.3) is 8.07 Å². The monoisotopic (exact) mass is 365 g/mol. The van der Waals surface area contributed by atoms with Crippen molar-refractivity contribution in [2.45, 2.75) is 46.6 Å². The molecule has 0 unspecified atom stereocenters. The summed E-state index contributed by atoms with van der Waals surface area (Å²) in [5, 5.41) is 23.7. The molecule has 1 N–H and O–H groups in total. The van der Waals surface area contributed by atoms with Gasteiger partial charge >= 0.3 is 5.32 Å². The Hall–Kier alpha value is -2.38. The summed E-state index contributed by atoms with van der Waals surface area (Å²) in [5.41, 5.74) is -0.519. The van der Waals surface area contributed by atoms with E-state index < -0.39 is 13.5 Å². The van der Waals surface area contributed by atoms with Crippen LogP contribution < -0.4 is 10.4 Å². The number of aliphatic hydroxyl groups is 1. The SMILES string of the molecule is CC(C)(C)/C(O)=C(\[N+]#N)[Si](c1ccccc1)(c1ccccc1)C(C)(C)C. The molecule has 0 radical (unpaired) electrons. The van der Waals surface area contributed by atoms with Crippen LogP contribution >= 0.6 is 0 Å². The van der Waals surface area contributed by atoms with E-state index >= 15 is 0 Å². The second-order valence-corrected chi connectivity index (χ2v) is 13.4. The molecule has 4 heteroatoms. The molecule has 0 spiro atoms. The van der Waals surface area contributed by atoms with E-state index in [-0.39, 0.29) is 10.8 Å². The zero-order valence-electron chi connectivity index (χ0n) is 16.6. The summed E-state index contributed by atoms with van der Waals surface area (Å²) in [5.74, 6) is 0.147. The molecule has 136 valence electrons. The van der Waals surface area contributed by atoms with Gasteiger partial charge in [-0.25, -0.2) is 0 Å². The molecular formula is C22H29N2OSi+. The average molecular weight is 366 g/mol. The van der Waals surface area contributed by atoms with Crippen LogP contribution in [0.15, 0.2) is 71.7 Å². The maximum Gasteiger partial charge on any atom is 0.374 e. The Bertz CT molecular complexity index is 783. The van der Waals surface area contributed by atoms with Crippen molar-refractivity contribution in [3.8, 4) is 0 Å². The van der Waals surface area contributed by atoms with Gasteiger partial charge in [0.05, 0.1) is 0 Å². The third-order valence-corrected chi connectivity index (χ3v) is 10.6. The third kappa shape index (κ3) is 3.32. The van der Waals surface area contributed by atoms with Crippen molar-refractivity contribution in [2.75, 3.05) is 0 Å². The number of benzene rings is 2. The van der Waals surface area contributed by atoms with Gasteiger partial charge in [-0.15, -0.1) is 0 Å². The smallest absolute Gasteiger partial charge is 0.374 e. The molecule has 0 saturated carbocycles. The van der Waals surface area contributed by atoms with E-state index in [1.165, 1.54) is 0 Å². The van der Waals surface area contributed by atoms with Crippen LogP contribution in [0, 0.1) is 10.8 Å². The Morgan fingerprint density at radius 2 is 1.19 bits per heavy atom. The maximum atomic E-state index is 11.1. The van der Waals surface area contributed by atoms with Crippen LogP contribution in [0.2, 0.25) is 5.04 Å². The van der Waals surface area contributed by atoms with Crippen molar-refractivity contribution in [1.82, 2.24) is 0 Å². The maximum absolute atomic E-state index is 11.1. The summed E-state index contributed by atoms with van der Waals surface area (Å²) in [6, 6.07) is 20.4. The molecule has 2 rings (SSSR count). The Morgan fingerprint density at radius 1 is 0.808 bits per heavy atom. The summed E-state index contributed by atoms with van der Waals surface area (Å²) < 4.78 is 0. The first-order chi connectivity index (χ1) is 12.1. The Kier molecular flexibility index (Phi) is 5.43. The lowest BCUT2D eigenvalue weighted by atomic mass is 9.94. The lowest BCUT2D eigenvalue weighted by Gasteiger charge is -2.39. The van der Waals surface area contributed by atoms with Crippen molar-refractivity contribution < 1.29 is 5.11 Å². The van der Waals surface area contributed by atoms with Gasteiger partial charge in [0, 0.05) is 5.41 Å². The number of hydrogen-bond acceptors (Lipinski definition) is 2. The number of hydrogen-bond donors (Lipinski definition) is 1. The van der Waals surface area contributed by atoms with Gasteiger partial charge in [-0.1, -0.05) is 102 Å². The number of allylic oxidation sites excluding steroid dienone is 1. The highest BCUT2D eigenvalue weighted by molar-refractivity contribution is 7.09. The first kappa shape index (κ1) is 19.9. The van der Waals surface area contributed by atoms with Gasteiger partial charge in [0.15, 0.2) is 10.7 Å².